The predicted octanol–water partition coefficient (Wildman–Crippen LogP) is 2.42. The monoisotopic (exact) mass is 323 g/mol. The van der Waals surface area contributed by atoms with Crippen LogP contribution in [0.15, 0.2) is 10.4 Å². The maximum absolute atomic E-state index is 4.64. The average molecular weight is 324 g/mol. The Hall–Kier alpha value is -1.14. The maximum Gasteiger partial charge on any atom is 0.191 e. The van der Waals surface area contributed by atoms with E-state index in [1.807, 2.05) is 7.05 Å². The molecule has 2 rings (SSSR count). The van der Waals surface area contributed by atoms with Crippen molar-refractivity contribution in [3.05, 3.63) is 16.1 Å². The number of thiazole rings is 1. The molecule has 0 bridgehead atoms. The third-order valence-corrected chi connectivity index (χ3v) is 5.07. The molecule has 1 atom stereocenters. The summed E-state index contributed by atoms with van der Waals surface area (Å²) in [6, 6.07) is 0.635. The Bertz CT molecular complexity index is 483. The normalized spacial score (nSPS) is 19.9. The van der Waals surface area contributed by atoms with Gasteiger partial charge >= 0.3 is 0 Å². The van der Waals surface area contributed by atoms with Gasteiger partial charge < -0.3 is 10.6 Å². The van der Waals surface area contributed by atoms with E-state index >= 15 is 0 Å². The van der Waals surface area contributed by atoms with Crippen LogP contribution in [-0.2, 0) is 6.54 Å². The van der Waals surface area contributed by atoms with Crippen LogP contribution >= 0.6 is 11.3 Å². The molecule has 2 heterocycles. The summed E-state index contributed by atoms with van der Waals surface area (Å²) in [7, 11) is 1.82. The molecule has 5 nitrogen and oxygen atoms in total. The number of hydrogen-bond acceptors (Lipinski definition) is 4. The fourth-order valence-corrected chi connectivity index (χ4v) is 3.70. The Morgan fingerprint density at radius 3 is 2.95 bits per heavy atom. The lowest BCUT2D eigenvalue weighted by Gasteiger charge is -2.23. The van der Waals surface area contributed by atoms with Crippen LogP contribution in [0.2, 0.25) is 0 Å². The number of guanidine groups is 1. The lowest BCUT2D eigenvalue weighted by atomic mass is 10.2. The first kappa shape index (κ1) is 17.2. The number of aliphatic imine (C=N–C) groups is 1. The van der Waals surface area contributed by atoms with Crippen LogP contribution < -0.4 is 10.6 Å². The number of hydrogen-bond donors (Lipinski definition) is 2. The molecule has 0 amide bonds. The van der Waals surface area contributed by atoms with Gasteiger partial charge in [-0.15, -0.1) is 11.3 Å². The van der Waals surface area contributed by atoms with E-state index in [0.717, 1.165) is 30.6 Å². The Morgan fingerprint density at radius 2 is 2.32 bits per heavy atom. The highest BCUT2D eigenvalue weighted by molar-refractivity contribution is 7.09. The smallest absolute Gasteiger partial charge is 0.191 e. The lowest BCUT2D eigenvalue weighted by molar-refractivity contribution is 0.267. The summed E-state index contributed by atoms with van der Waals surface area (Å²) in [4.78, 5) is 11.5. The van der Waals surface area contributed by atoms with Crippen molar-refractivity contribution >= 4 is 17.3 Å². The van der Waals surface area contributed by atoms with Gasteiger partial charge in [-0.2, -0.15) is 0 Å². The molecule has 0 radical (unpaired) electrons. The fourth-order valence-electron chi connectivity index (χ4n) is 2.81. The van der Waals surface area contributed by atoms with E-state index in [4.69, 9.17) is 0 Å². The topological polar surface area (TPSA) is 52.5 Å². The van der Waals surface area contributed by atoms with Gasteiger partial charge in [-0.25, -0.2) is 4.98 Å². The summed E-state index contributed by atoms with van der Waals surface area (Å²) >= 11 is 1.71. The SMILES string of the molecule is CCN1CCCC1CNC(=NC)NCc1nc(C(C)C)cs1. The fraction of sp³-hybridized carbons (Fsp3) is 0.750. The van der Waals surface area contributed by atoms with Gasteiger partial charge in [0.2, 0.25) is 0 Å². The van der Waals surface area contributed by atoms with Crippen molar-refractivity contribution in [1.82, 2.24) is 20.5 Å². The number of nitrogens with zero attached hydrogens (tertiary/aromatic N) is 3. The molecular weight excluding hydrogens is 294 g/mol. The van der Waals surface area contributed by atoms with Crippen LogP contribution in [-0.4, -0.2) is 48.6 Å². The van der Waals surface area contributed by atoms with Gasteiger partial charge in [-0.1, -0.05) is 20.8 Å². The number of nitrogens with one attached hydrogen (secondary N) is 2. The Morgan fingerprint density at radius 1 is 1.50 bits per heavy atom. The molecule has 0 spiro atoms. The minimum absolute atomic E-state index is 0.491. The molecule has 6 heteroatoms. The Kier molecular flexibility index (Phi) is 6.64. The van der Waals surface area contributed by atoms with E-state index in [2.05, 4.69) is 51.7 Å². The molecule has 22 heavy (non-hydrogen) atoms. The summed E-state index contributed by atoms with van der Waals surface area (Å²) in [5.74, 6) is 1.36. The van der Waals surface area contributed by atoms with Crippen LogP contribution in [0.4, 0.5) is 0 Å². The van der Waals surface area contributed by atoms with E-state index < -0.39 is 0 Å². The summed E-state index contributed by atoms with van der Waals surface area (Å²) < 4.78 is 0. The first-order valence-electron chi connectivity index (χ1n) is 8.26. The summed E-state index contributed by atoms with van der Waals surface area (Å²) in [6.45, 7) is 10.6. The van der Waals surface area contributed by atoms with Crippen molar-refractivity contribution in [2.24, 2.45) is 4.99 Å². The van der Waals surface area contributed by atoms with Crippen LogP contribution in [0.25, 0.3) is 0 Å². The van der Waals surface area contributed by atoms with Crippen LogP contribution in [0.1, 0.15) is 50.2 Å². The minimum Gasteiger partial charge on any atom is -0.355 e. The van der Waals surface area contributed by atoms with Crippen LogP contribution in [0.5, 0.6) is 0 Å². The van der Waals surface area contributed by atoms with E-state index in [0.29, 0.717) is 12.0 Å². The molecule has 1 aliphatic heterocycles. The quantitative estimate of drug-likeness (QED) is 0.623. The Labute approximate surface area is 138 Å². The molecule has 0 aromatic carbocycles. The van der Waals surface area contributed by atoms with Gasteiger partial charge in [0.05, 0.1) is 12.2 Å². The van der Waals surface area contributed by atoms with Crippen LogP contribution in [0, 0.1) is 0 Å². The van der Waals surface area contributed by atoms with Gasteiger partial charge in [-0.05, 0) is 31.8 Å². The van der Waals surface area contributed by atoms with Crippen molar-refractivity contribution in [2.75, 3.05) is 26.7 Å². The van der Waals surface area contributed by atoms with Crippen molar-refractivity contribution in [2.45, 2.75) is 52.1 Å². The summed E-state index contributed by atoms with van der Waals surface area (Å²) in [6.07, 6.45) is 2.59. The van der Waals surface area contributed by atoms with Gasteiger partial charge in [0.25, 0.3) is 0 Å². The van der Waals surface area contributed by atoms with Gasteiger partial charge in [-0.3, -0.25) is 9.89 Å². The third kappa shape index (κ3) is 4.68. The van der Waals surface area contributed by atoms with E-state index in [1.165, 1.54) is 25.1 Å². The molecule has 1 unspecified atom stereocenters. The summed E-state index contributed by atoms with van der Waals surface area (Å²) in [5, 5.41) is 10.1. The minimum atomic E-state index is 0.491. The first-order chi connectivity index (χ1) is 10.6. The van der Waals surface area contributed by atoms with E-state index in [-0.39, 0.29) is 0 Å². The number of likely N-dealkylation sites (tertiary alicyclic amines) is 1. The Balaban J connectivity index is 1.77. The first-order valence-corrected chi connectivity index (χ1v) is 9.14. The van der Waals surface area contributed by atoms with E-state index in [1.54, 1.807) is 11.3 Å². The second kappa shape index (κ2) is 8.48. The zero-order valence-electron chi connectivity index (χ0n) is 14.2. The zero-order chi connectivity index (χ0) is 15.9. The molecule has 1 fully saturated rings. The molecule has 1 saturated heterocycles. The maximum atomic E-state index is 4.64. The predicted molar refractivity (Wildman–Crippen MR) is 94.7 cm³/mol. The number of rotatable bonds is 6. The van der Waals surface area contributed by atoms with Gasteiger partial charge in [0, 0.05) is 25.0 Å². The van der Waals surface area contributed by atoms with Crippen molar-refractivity contribution in [1.29, 1.82) is 0 Å². The number of likely N-dealkylation sites (N-methyl/N-ethyl adjacent to an activating group) is 1. The molecule has 124 valence electrons. The molecule has 1 aliphatic rings. The van der Waals surface area contributed by atoms with Gasteiger partial charge in [0.1, 0.15) is 5.01 Å². The standard InChI is InChI=1S/C16H29N5S/c1-5-21-8-6-7-13(21)9-18-16(17-4)19-10-15-20-14(11-22-15)12(2)3/h11-13H,5-10H2,1-4H3,(H2,17,18,19). The average Bonchev–Trinajstić information content (AvgIpc) is 3.16. The highest BCUT2D eigenvalue weighted by Crippen LogP contribution is 2.17. The van der Waals surface area contributed by atoms with Crippen LogP contribution in [0.3, 0.4) is 0 Å². The van der Waals surface area contributed by atoms with E-state index in [9.17, 15) is 0 Å². The zero-order valence-corrected chi connectivity index (χ0v) is 15.0. The molecular formula is C16H29N5S. The van der Waals surface area contributed by atoms with Crippen molar-refractivity contribution in [3.8, 4) is 0 Å². The second-order valence-electron chi connectivity index (χ2n) is 6.05. The summed E-state index contributed by atoms with van der Waals surface area (Å²) in [5.41, 5.74) is 1.18. The lowest BCUT2D eigenvalue weighted by Crippen LogP contribution is -2.44. The molecule has 0 aliphatic carbocycles. The largest absolute Gasteiger partial charge is 0.355 e. The van der Waals surface area contributed by atoms with Crippen molar-refractivity contribution in [3.63, 3.8) is 0 Å². The second-order valence-corrected chi connectivity index (χ2v) is 6.99. The van der Waals surface area contributed by atoms with Gasteiger partial charge in [0.15, 0.2) is 5.96 Å². The molecule has 0 saturated carbocycles. The molecule has 1 aromatic rings. The third-order valence-electron chi connectivity index (χ3n) is 4.20. The molecule has 1 aromatic heterocycles. The number of aromatic nitrogens is 1. The highest BCUT2D eigenvalue weighted by atomic mass is 32.1. The molecule has 2 N–H and O–H groups in total. The highest BCUT2D eigenvalue weighted by Gasteiger charge is 2.22. The van der Waals surface area contributed by atoms with Crippen molar-refractivity contribution < 1.29 is 0 Å².